The molecule has 10 nitrogen and oxygen atoms in total. The summed E-state index contributed by atoms with van der Waals surface area (Å²) in [5.41, 5.74) is -1.99. The van der Waals surface area contributed by atoms with Gasteiger partial charge in [0, 0.05) is 23.2 Å². The largest absolute Gasteiger partial charge is 0.452 e. The maximum Gasteiger partial charge on any atom is 0.345 e. The summed E-state index contributed by atoms with van der Waals surface area (Å²) in [6, 6.07) is 5.71. The number of halogens is 2. The van der Waals surface area contributed by atoms with Gasteiger partial charge in [0.25, 0.3) is 17.3 Å². The van der Waals surface area contributed by atoms with Crippen LogP contribution in [0.5, 0.6) is 0 Å². The highest BCUT2D eigenvalue weighted by Crippen LogP contribution is 2.24. The lowest BCUT2D eigenvalue weighted by Crippen LogP contribution is -2.22. The third kappa shape index (κ3) is 4.95. The molecule has 0 atom stereocenters. The van der Waals surface area contributed by atoms with E-state index in [1.54, 1.807) is 0 Å². The van der Waals surface area contributed by atoms with E-state index in [4.69, 9.17) is 11.6 Å². The number of non-ortho nitro benzene ring substituents is 1. The lowest BCUT2D eigenvalue weighted by atomic mass is 10.2. The van der Waals surface area contributed by atoms with E-state index in [0.29, 0.717) is 0 Å². The van der Waals surface area contributed by atoms with Crippen molar-refractivity contribution in [3.8, 4) is 0 Å². The maximum atomic E-state index is 13.6. The predicted molar refractivity (Wildman–Crippen MR) is 90.1 cm³/mol. The monoisotopic (exact) mass is 397 g/mol. The van der Waals surface area contributed by atoms with Crippen molar-refractivity contribution in [2.24, 2.45) is 0 Å². The number of amides is 1. The molecule has 12 heteroatoms. The number of hydrogen-bond donors (Lipinski definition) is 1. The van der Waals surface area contributed by atoms with Crippen LogP contribution in [0.25, 0.3) is 0 Å². The van der Waals surface area contributed by atoms with Gasteiger partial charge in [-0.05, 0) is 18.2 Å². The minimum Gasteiger partial charge on any atom is -0.452 e. The average Bonchev–Trinajstić information content (AvgIpc) is 2.61. The molecule has 0 radical (unpaired) electrons. The highest BCUT2D eigenvalue weighted by atomic mass is 35.5. The van der Waals surface area contributed by atoms with Crippen LogP contribution in [-0.2, 0) is 9.53 Å². The van der Waals surface area contributed by atoms with Crippen LogP contribution in [0.1, 0.15) is 10.4 Å². The molecule has 0 saturated carbocycles. The van der Waals surface area contributed by atoms with Crippen molar-refractivity contribution in [3.05, 3.63) is 73.0 Å². The van der Waals surface area contributed by atoms with Gasteiger partial charge in [0.15, 0.2) is 6.61 Å². The van der Waals surface area contributed by atoms with E-state index in [-0.39, 0.29) is 5.02 Å². The first-order valence-electron chi connectivity index (χ1n) is 7.04. The molecule has 0 unspecified atom stereocenters. The first-order chi connectivity index (χ1) is 12.7. The van der Waals surface area contributed by atoms with Crippen LogP contribution in [0.15, 0.2) is 36.4 Å². The van der Waals surface area contributed by atoms with Gasteiger partial charge in [-0.3, -0.25) is 25.0 Å². The lowest BCUT2D eigenvalue weighted by Gasteiger charge is -2.08. The number of carbonyl (C=O) groups is 2. The molecule has 1 amide bonds. The Balaban J connectivity index is 2.06. The summed E-state index contributed by atoms with van der Waals surface area (Å²) in [6.07, 6.45) is 0. The number of carbonyl (C=O) groups excluding carboxylic acids is 2. The van der Waals surface area contributed by atoms with Crippen molar-refractivity contribution < 1.29 is 28.6 Å². The summed E-state index contributed by atoms with van der Waals surface area (Å²) in [6.45, 7) is -0.902. The number of benzene rings is 2. The average molecular weight is 398 g/mol. The fraction of sp³-hybridized carbons (Fsp3) is 0.0667. The molecule has 0 aliphatic carbocycles. The van der Waals surface area contributed by atoms with Crippen molar-refractivity contribution in [2.75, 3.05) is 11.9 Å². The molecular weight excluding hydrogens is 389 g/mol. The van der Waals surface area contributed by atoms with Crippen molar-refractivity contribution in [1.29, 1.82) is 0 Å². The molecule has 0 bridgehead atoms. The maximum absolute atomic E-state index is 13.6. The summed E-state index contributed by atoms with van der Waals surface area (Å²) in [5.74, 6) is -3.11. The van der Waals surface area contributed by atoms with E-state index in [0.717, 1.165) is 30.3 Å². The second-order valence-electron chi connectivity index (χ2n) is 4.96. The van der Waals surface area contributed by atoms with Gasteiger partial charge in [0.05, 0.1) is 15.5 Å². The Morgan fingerprint density at radius 1 is 1.11 bits per heavy atom. The standard InChI is InChI=1S/C15H9ClFN3O7/c16-8-1-3-10(13(5-8)20(25)26)15(22)27-7-14(21)18-12-6-9(19(23)24)2-4-11(12)17/h1-6H,7H2,(H,18,21). The number of esters is 1. The van der Waals surface area contributed by atoms with Crippen molar-refractivity contribution in [3.63, 3.8) is 0 Å². The van der Waals surface area contributed by atoms with Gasteiger partial charge >= 0.3 is 5.97 Å². The van der Waals surface area contributed by atoms with Crippen LogP contribution in [0.4, 0.5) is 21.5 Å². The molecule has 1 N–H and O–H groups in total. The number of hydrogen-bond acceptors (Lipinski definition) is 7. The zero-order chi connectivity index (χ0) is 20.1. The summed E-state index contributed by atoms with van der Waals surface area (Å²) >= 11 is 5.63. The Morgan fingerprint density at radius 3 is 2.44 bits per heavy atom. The number of nitro benzene ring substituents is 2. The Labute approximate surface area is 154 Å². The van der Waals surface area contributed by atoms with Crippen LogP contribution in [0.2, 0.25) is 5.02 Å². The van der Waals surface area contributed by atoms with E-state index >= 15 is 0 Å². The number of nitrogens with one attached hydrogen (secondary N) is 1. The number of ether oxygens (including phenoxy) is 1. The Bertz CT molecular complexity index is 951. The molecule has 140 valence electrons. The van der Waals surface area contributed by atoms with Gasteiger partial charge in [0.1, 0.15) is 11.4 Å². The Morgan fingerprint density at radius 2 is 1.81 bits per heavy atom. The fourth-order valence-electron chi connectivity index (χ4n) is 1.95. The van der Waals surface area contributed by atoms with E-state index in [2.05, 4.69) is 4.74 Å². The molecule has 0 aliphatic heterocycles. The second kappa shape index (κ2) is 8.19. The normalized spacial score (nSPS) is 10.1. The van der Waals surface area contributed by atoms with Crippen LogP contribution in [-0.4, -0.2) is 28.3 Å². The first-order valence-corrected chi connectivity index (χ1v) is 7.41. The van der Waals surface area contributed by atoms with Gasteiger partial charge in [-0.1, -0.05) is 11.6 Å². The summed E-state index contributed by atoms with van der Waals surface area (Å²) in [5, 5.41) is 23.6. The van der Waals surface area contributed by atoms with Crippen molar-refractivity contribution in [2.45, 2.75) is 0 Å². The topological polar surface area (TPSA) is 142 Å². The van der Waals surface area contributed by atoms with Crippen LogP contribution in [0.3, 0.4) is 0 Å². The minimum absolute atomic E-state index is 0.0251. The Hall–Kier alpha value is -3.60. The number of nitro groups is 2. The summed E-state index contributed by atoms with van der Waals surface area (Å²) in [7, 11) is 0. The molecule has 2 aromatic rings. The molecule has 0 aromatic heterocycles. The smallest absolute Gasteiger partial charge is 0.345 e. The third-order valence-corrected chi connectivity index (χ3v) is 3.38. The van der Waals surface area contributed by atoms with E-state index in [1.807, 2.05) is 5.32 Å². The summed E-state index contributed by atoms with van der Waals surface area (Å²) < 4.78 is 18.3. The van der Waals surface area contributed by atoms with Gasteiger partial charge in [-0.2, -0.15) is 0 Å². The fourth-order valence-corrected chi connectivity index (χ4v) is 2.11. The van der Waals surface area contributed by atoms with E-state index < -0.39 is 56.8 Å². The van der Waals surface area contributed by atoms with Crippen LogP contribution < -0.4 is 5.32 Å². The zero-order valence-electron chi connectivity index (χ0n) is 13.2. The SMILES string of the molecule is O=C(COC(=O)c1ccc(Cl)cc1[N+](=O)[O-])Nc1cc([N+](=O)[O-])ccc1F. The van der Waals surface area contributed by atoms with Crippen molar-refractivity contribution in [1.82, 2.24) is 0 Å². The van der Waals surface area contributed by atoms with Crippen LogP contribution >= 0.6 is 11.6 Å². The molecule has 2 rings (SSSR count). The molecule has 0 aliphatic rings. The number of anilines is 1. The highest BCUT2D eigenvalue weighted by molar-refractivity contribution is 6.31. The van der Waals surface area contributed by atoms with Crippen molar-refractivity contribution >= 4 is 40.5 Å². The van der Waals surface area contributed by atoms with Gasteiger partial charge in [-0.25, -0.2) is 9.18 Å². The molecular formula is C15H9ClFN3O7. The first kappa shape index (κ1) is 19.7. The van der Waals surface area contributed by atoms with E-state index in [9.17, 15) is 34.2 Å². The predicted octanol–water partition coefficient (Wildman–Crippen LogP) is 3.09. The third-order valence-electron chi connectivity index (χ3n) is 3.15. The van der Waals surface area contributed by atoms with Crippen LogP contribution in [0, 0.1) is 26.0 Å². The molecule has 0 fully saturated rings. The molecule has 0 heterocycles. The molecule has 0 saturated heterocycles. The second-order valence-corrected chi connectivity index (χ2v) is 5.40. The van der Waals surface area contributed by atoms with Gasteiger partial charge < -0.3 is 10.1 Å². The Kier molecular flexibility index (Phi) is 5.98. The van der Waals surface area contributed by atoms with Gasteiger partial charge in [-0.15, -0.1) is 0 Å². The number of nitrogens with zero attached hydrogens (tertiary/aromatic N) is 2. The van der Waals surface area contributed by atoms with E-state index in [1.165, 1.54) is 6.07 Å². The lowest BCUT2D eigenvalue weighted by molar-refractivity contribution is -0.385. The minimum atomic E-state index is -1.17. The quantitative estimate of drug-likeness (QED) is 0.448. The molecule has 0 spiro atoms. The summed E-state index contributed by atoms with van der Waals surface area (Å²) in [4.78, 5) is 43.7. The number of rotatable bonds is 6. The highest BCUT2D eigenvalue weighted by Gasteiger charge is 2.23. The molecule has 2 aromatic carbocycles. The van der Waals surface area contributed by atoms with Gasteiger partial charge in [0.2, 0.25) is 0 Å². The molecule has 27 heavy (non-hydrogen) atoms. The zero-order valence-corrected chi connectivity index (χ0v) is 13.9.